The first kappa shape index (κ1) is 11.5. The number of halogens is 1. The molecule has 0 saturated heterocycles. The van der Waals surface area contributed by atoms with Gasteiger partial charge in [0.2, 0.25) is 10.0 Å². The lowest BCUT2D eigenvalue weighted by Crippen LogP contribution is -2.26. The van der Waals surface area contributed by atoms with Crippen molar-refractivity contribution in [2.45, 2.75) is 6.42 Å². The topological polar surface area (TPSA) is 72.0 Å². The molecule has 1 aromatic heterocycles. The molecule has 0 amide bonds. The van der Waals surface area contributed by atoms with Crippen LogP contribution in [0.15, 0.2) is 18.7 Å². The van der Waals surface area contributed by atoms with Gasteiger partial charge in [-0.3, -0.25) is 0 Å². The van der Waals surface area contributed by atoms with E-state index in [-0.39, 0.29) is 4.66 Å². The van der Waals surface area contributed by atoms with E-state index in [4.69, 9.17) is 0 Å². The van der Waals surface area contributed by atoms with Crippen molar-refractivity contribution in [1.82, 2.24) is 14.7 Å². The van der Waals surface area contributed by atoms with Gasteiger partial charge < -0.3 is 0 Å². The van der Waals surface area contributed by atoms with Gasteiger partial charge in [0, 0.05) is 18.9 Å². The molecule has 0 aromatic carbocycles. The molecule has 0 spiro atoms. The summed E-state index contributed by atoms with van der Waals surface area (Å²) < 4.78 is 24.3. The Labute approximate surface area is 91.1 Å². The van der Waals surface area contributed by atoms with Gasteiger partial charge in [-0.2, -0.15) is 0 Å². The van der Waals surface area contributed by atoms with E-state index in [1.807, 2.05) is 0 Å². The highest BCUT2D eigenvalue weighted by Gasteiger charge is 2.05. The molecule has 0 saturated carbocycles. The molecule has 5 nitrogen and oxygen atoms in total. The first-order valence-corrected chi connectivity index (χ1v) is 6.68. The zero-order valence-corrected chi connectivity index (χ0v) is 9.75. The van der Waals surface area contributed by atoms with Gasteiger partial charge in [0.25, 0.3) is 0 Å². The normalized spacial score (nSPS) is 11.5. The minimum Gasteiger partial charge on any atom is -0.245 e. The predicted molar refractivity (Wildman–Crippen MR) is 56.5 cm³/mol. The molecule has 0 atom stereocenters. The van der Waals surface area contributed by atoms with Crippen LogP contribution in [0, 0.1) is 0 Å². The molecule has 0 aliphatic carbocycles. The second-order valence-corrected chi connectivity index (χ2v) is 5.72. The average molecular weight is 280 g/mol. The highest BCUT2D eigenvalue weighted by Crippen LogP contribution is 1.95. The van der Waals surface area contributed by atoms with E-state index in [0.717, 1.165) is 5.56 Å². The van der Waals surface area contributed by atoms with Gasteiger partial charge in [-0.15, -0.1) is 0 Å². The van der Waals surface area contributed by atoms with Crippen molar-refractivity contribution in [2.24, 2.45) is 0 Å². The van der Waals surface area contributed by atoms with Gasteiger partial charge >= 0.3 is 0 Å². The maximum absolute atomic E-state index is 11.0. The minimum absolute atomic E-state index is 0.0781. The van der Waals surface area contributed by atoms with Crippen LogP contribution < -0.4 is 4.72 Å². The van der Waals surface area contributed by atoms with Gasteiger partial charge in [-0.05, 0) is 12.0 Å². The summed E-state index contributed by atoms with van der Waals surface area (Å²) in [6, 6.07) is 0. The molecule has 0 fully saturated rings. The SMILES string of the molecule is O=S(=O)(CBr)NCCc1cncnc1. The Balaban J connectivity index is 2.37. The van der Waals surface area contributed by atoms with Gasteiger partial charge in [-0.1, -0.05) is 15.9 Å². The maximum Gasteiger partial charge on any atom is 0.221 e. The molecule has 78 valence electrons. The molecule has 0 aliphatic rings. The third-order valence-corrected chi connectivity index (χ3v) is 4.23. The van der Waals surface area contributed by atoms with Gasteiger partial charge in [0.1, 0.15) is 11.0 Å². The Hall–Kier alpha value is -0.530. The van der Waals surface area contributed by atoms with Crippen molar-refractivity contribution in [3.8, 4) is 0 Å². The van der Waals surface area contributed by atoms with E-state index in [1.54, 1.807) is 12.4 Å². The van der Waals surface area contributed by atoms with Gasteiger partial charge in [0.15, 0.2) is 0 Å². The number of hydrogen-bond acceptors (Lipinski definition) is 4. The molecular weight excluding hydrogens is 270 g/mol. The average Bonchev–Trinajstić information content (AvgIpc) is 2.19. The lowest BCUT2D eigenvalue weighted by atomic mass is 10.2. The number of aromatic nitrogens is 2. The summed E-state index contributed by atoms with van der Waals surface area (Å²) >= 11 is 2.88. The van der Waals surface area contributed by atoms with E-state index in [1.165, 1.54) is 6.33 Å². The van der Waals surface area contributed by atoms with Crippen LogP contribution in [0.4, 0.5) is 0 Å². The Morgan fingerprint density at radius 3 is 2.57 bits per heavy atom. The zero-order valence-electron chi connectivity index (χ0n) is 7.35. The number of alkyl halides is 1. The van der Waals surface area contributed by atoms with Crippen LogP contribution in [0.5, 0.6) is 0 Å². The lowest BCUT2D eigenvalue weighted by molar-refractivity contribution is 0.587. The molecule has 1 heterocycles. The van der Waals surface area contributed by atoms with Crippen LogP contribution in [0.2, 0.25) is 0 Å². The van der Waals surface area contributed by atoms with E-state index in [0.29, 0.717) is 13.0 Å². The number of nitrogens with zero attached hydrogens (tertiary/aromatic N) is 2. The highest BCUT2D eigenvalue weighted by atomic mass is 79.9. The van der Waals surface area contributed by atoms with E-state index in [2.05, 4.69) is 30.6 Å². The number of rotatable bonds is 5. The first-order chi connectivity index (χ1) is 6.64. The van der Waals surface area contributed by atoms with E-state index in [9.17, 15) is 8.42 Å². The fourth-order valence-corrected chi connectivity index (χ4v) is 1.82. The van der Waals surface area contributed by atoms with Crippen LogP contribution in [-0.2, 0) is 16.4 Å². The molecule has 1 rings (SSSR count). The number of nitrogens with one attached hydrogen (secondary N) is 1. The fraction of sp³-hybridized carbons (Fsp3) is 0.429. The van der Waals surface area contributed by atoms with Crippen molar-refractivity contribution < 1.29 is 8.42 Å². The van der Waals surface area contributed by atoms with Crippen molar-refractivity contribution >= 4 is 26.0 Å². The van der Waals surface area contributed by atoms with Crippen molar-refractivity contribution in [3.05, 3.63) is 24.3 Å². The third kappa shape index (κ3) is 4.12. The smallest absolute Gasteiger partial charge is 0.221 e. The van der Waals surface area contributed by atoms with Crippen LogP contribution in [0.25, 0.3) is 0 Å². The summed E-state index contributed by atoms with van der Waals surface area (Å²) in [6.45, 7) is 0.362. The molecule has 1 N–H and O–H groups in total. The molecule has 14 heavy (non-hydrogen) atoms. The highest BCUT2D eigenvalue weighted by molar-refractivity contribution is 9.10. The summed E-state index contributed by atoms with van der Waals surface area (Å²) in [4.78, 5) is 7.64. The monoisotopic (exact) mass is 279 g/mol. The molecule has 0 unspecified atom stereocenters. The van der Waals surface area contributed by atoms with Crippen LogP contribution in [0.1, 0.15) is 5.56 Å². The summed E-state index contributed by atoms with van der Waals surface area (Å²) in [5, 5.41) is 0. The summed E-state index contributed by atoms with van der Waals surface area (Å²) in [7, 11) is -3.16. The number of hydrogen-bond donors (Lipinski definition) is 1. The van der Waals surface area contributed by atoms with Crippen LogP contribution in [-0.4, -0.2) is 29.6 Å². The summed E-state index contributed by atoms with van der Waals surface area (Å²) in [5.41, 5.74) is 0.907. The zero-order chi connectivity index (χ0) is 10.4. The van der Waals surface area contributed by atoms with Crippen LogP contribution in [0.3, 0.4) is 0 Å². The minimum atomic E-state index is -3.16. The quantitative estimate of drug-likeness (QED) is 0.787. The van der Waals surface area contributed by atoms with Gasteiger partial charge in [0.05, 0.1) is 0 Å². The molecule has 0 bridgehead atoms. The molecule has 1 aromatic rings. The standard InChI is InChI=1S/C7H10BrN3O2S/c8-5-14(12,13)11-2-1-7-3-9-6-10-4-7/h3-4,6,11H,1-2,5H2. The lowest BCUT2D eigenvalue weighted by Gasteiger charge is -2.02. The number of sulfonamides is 1. The Morgan fingerprint density at radius 1 is 1.36 bits per heavy atom. The summed E-state index contributed by atoms with van der Waals surface area (Å²) in [6.07, 6.45) is 5.35. The van der Waals surface area contributed by atoms with E-state index >= 15 is 0 Å². The Morgan fingerprint density at radius 2 is 2.00 bits per heavy atom. The molecule has 0 radical (unpaired) electrons. The molecular formula is C7H10BrN3O2S. The molecule has 7 heteroatoms. The predicted octanol–water partition coefficient (Wildman–Crippen LogP) is 0.291. The van der Waals surface area contributed by atoms with Crippen LogP contribution >= 0.6 is 15.9 Å². The van der Waals surface area contributed by atoms with Crippen molar-refractivity contribution in [3.63, 3.8) is 0 Å². The van der Waals surface area contributed by atoms with Crippen molar-refractivity contribution in [2.75, 3.05) is 11.2 Å². The fourth-order valence-electron chi connectivity index (χ4n) is 0.849. The van der Waals surface area contributed by atoms with E-state index < -0.39 is 10.0 Å². The third-order valence-electron chi connectivity index (χ3n) is 1.49. The van der Waals surface area contributed by atoms with Crippen molar-refractivity contribution in [1.29, 1.82) is 0 Å². The maximum atomic E-state index is 11.0. The Kier molecular flexibility index (Phi) is 4.43. The second-order valence-electron chi connectivity index (χ2n) is 2.61. The Bertz CT molecular complexity index is 368. The molecule has 0 aliphatic heterocycles. The van der Waals surface area contributed by atoms with Gasteiger partial charge in [-0.25, -0.2) is 23.1 Å². The summed E-state index contributed by atoms with van der Waals surface area (Å²) in [5.74, 6) is 0. The second kappa shape index (κ2) is 5.38. The largest absolute Gasteiger partial charge is 0.245 e. The first-order valence-electron chi connectivity index (χ1n) is 3.91.